The smallest absolute Gasteiger partial charge is 0.293 e. The quantitative estimate of drug-likeness (QED) is 0.752. The molecular weight excluding hydrogens is 348 g/mol. The van der Waals surface area contributed by atoms with Crippen molar-refractivity contribution >= 4 is 32.2 Å². The number of aryl methyl sites for hydroxylation is 1. The van der Waals surface area contributed by atoms with Crippen LogP contribution in [-0.2, 0) is 15.6 Å². The zero-order valence-electron chi connectivity index (χ0n) is 12.7. The molecule has 2 aromatic heterocycles. The summed E-state index contributed by atoms with van der Waals surface area (Å²) in [6.07, 6.45) is 1.30. The van der Waals surface area contributed by atoms with Crippen LogP contribution < -0.4 is 5.32 Å². The van der Waals surface area contributed by atoms with Gasteiger partial charge in [-0.3, -0.25) is 10.1 Å². The van der Waals surface area contributed by atoms with Crippen molar-refractivity contribution in [3.63, 3.8) is 0 Å². The first kappa shape index (κ1) is 16.4. The number of rotatable bonds is 5. The summed E-state index contributed by atoms with van der Waals surface area (Å²) in [6.45, 7) is 1.82. The highest BCUT2D eigenvalue weighted by molar-refractivity contribution is 7.90. The van der Waals surface area contributed by atoms with Crippen LogP contribution in [0.1, 0.15) is 21.8 Å². The lowest BCUT2D eigenvalue weighted by atomic mass is 10.3. The number of anilines is 1. The molecule has 0 spiro atoms. The fraction of sp³-hybridized carbons (Fsp3) is 0.125. The Kier molecular flexibility index (Phi) is 4.50. The summed E-state index contributed by atoms with van der Waals surface area (Å²) in [5.41, 5.74) is 1.10. The number of sulfone groups is 1. The second-order valence-corrected chi connectivity index (χ2v) is 7.94. The predicted molar refractivity (Wildman–Crippen MR) is 90.8 cm³/mol. The Bertz CT molecular complexity index is 959. The molecule has 1 N–H and O–H groups in total. The van der Waals surface area contributed by atoms with Crippen LogP contribution in [0.4, 0.5) is 5.13 Å². The van der Waals surface area contributed by atoms with Crippen LogP contribution in [-0.4, -0.2) is 19.3 Å². The van der Waals surface area contributed by atoms with Gasteiger partial charge in [0.25, 0.3) is 5.91 Å². The second-order valence-electron chi connectivity index (χ2n) is 5.10. The average molecular weight is 362 g/mol. The van der Waals surface area contributed by atoms with Crippen molar-refractivity contribution in [3.05, 3.63) is 65.1 Å². The molecular formula is C16H14N2O4S2. The molecule has 0 atom stereocenters. The van der Waals surface area contributed by atoms with E-state index in [0.717, 1.165) is 5.69 Å². The van der Waals surface area contributed by atoms with Crippen molar-refractivity contribution in [3.8, 4) is 0 Å². The topological polar surface area (TPSA) is 89.3 Å². The van der Waals surface area contributed by atoms with Gasteiger partial charge in [0.15, 0.2) is 20.7 Å². The van der Waals surface area contributed by atoms with E-state index in [2.05, 4.69) is 10.3 Å². The number of aromatic nitrogens is 1. The van der Waals surface area contributed by atoms with E-state index in [9.17, 15) is 13.2 Å². The minimum absolute atomic E-state index is 0.0256. The van der Waals surface area contributed by atoms with Gasteiger partial charge in [0.05, 0.1) is 22.6 Å². The molecule has 3 rings (SSSR count). The van der Waals surface area contributed by atoms with E-state index in [1.165, 1.54) is 35.8 Å². The van der Waals surface area contributed by atoms with Gasteiger partial charge in [-0.25, -0.2) is 13.4 Å². The van der Waals surface area contributed by atoms with Crippen LogP contribution in [0.25, 0.3) is 0 Å². The zero-order valence-corrected chi connectivity index (χ0v) is 14.4. The molecule has 2 heterocycles. The number of nitrogens with zero attached hydrogens (tertiary/aromatic N) is 1. The normalized spacial score (nSPS) is 11.4. The second kappa shape index (κ2) is 6.58. The first-order valence-corrected chi connectivity index (χ1v) is 9.56. The number of hydrogen-bond donors (Lipinski definition) is 1. The van der Waals surface area contributed by atoms with Gasteiger partial charge >= 0.3 is 0 Å². The standard InChI is InChI=1S/C16H14N2O4S2/c1-11-9-23-16(17-11)18-15(19)14-12(7-8-22-14)10-24(20,21)13-5-3-2-4-6-13/h2-9H,10H2,1H3,(H,17,18,19). The van der Waals surface area contributed by atoms with Crippen LogP contribution in [0.5, 0.6) is 0 Å². The summed E-state index contributed by atoms with van der Waals surface area (Å²) < 4.78 is 30.1. The lowest BCUT2D eigenvalue weighted by molar-refractivity contribution is 0.0995. The number of carbonyl (C=O) groups is 1. The molecule has 3 aromatic rings. The molecule has 0 saturated carbocycles. The summed E-state index contributed by atoms with van der Waals surface area (Å²) >= 11 is 1.29. The molecule has 0 aliphatic heterocycles. The maximum Gasteiger partial charge on any atom is 0.293 e. The van der Waals surface area contributed by atoms with E-state index >= 15 is 0 Å². The van der Waals surface area contributed by atoms with E-state index in [-0.39, 0.29) is 16.4 Å². The van der Waals surface area contributed by atoms with Gasteiger partial charge in [-0.2, -0.15) is 0 Å². The number of carbonyl (C=O) groups excluding carboxylic acids is 1. The fourth-order valence-corrected chi connectivity index (χ4v) is 4.19. The van der Waals surface area contributed by atoms with Crippen molar-refractivity contribution in [2.24, 2.45) is 0 Å². The Balaban J connectivity index is 1.81. The molecule has 0 aliphatic carbocycles. The van der Waals surface area contributed by atoms with Gasteiger partial charge in [-0.15, -0.1) is 11.3 Å². The third-order valence-electron chi connectivity index (χ3n) is 3.24. The summed E-state index contributed by atoms with van der Waals surface area (Å²) in [7, 11) is -3.56. The van der Waals surface area contributed by atoms with E-state index < -0.39 is 15.7 Å². The first-order chi connectivity index (χ1) is 11.5. The average Bonchev–Trinajstić information content (AvgIpc) is 3.17. The number of nitrogens with one attached hydrogen (secondary N) is 1. The van der Waals surface area contributed by atoms with Crippen LogP contribution >= 0.6 is 11.3 Å². The SMILES string of the molecule is Cc1csc(NC(=O)c2occc2CS(=O)(=O)c2ccccc2)n1. The molecule has 0 unspecified atom stereocenters. The van der Waals surface area contributed by atoms with E-state index in [1.54, 1.807) is 23.6 Å². The lowest BCUT2D eigenvalue weighted by Crippen LogP contribution is -2.14. The molecule has 24 heavy (non-hydrogen) atoms. The molecule has 0 saturated heterocycles. The summed E-state index contributed by atoms with van der Waals surface area (Å²) in [5, 5.41) is 4.85. The van der Waals surface area contributed by atoms with E-state index in [4.69, 9.17) is 4.42 Å². The predicted octanol–water partition coefficient (Wildman–Crippen LogP) is 3.27. The number of thiazole rings is 1. The number of benzene rings is 1. The summed E-state index contributed by atoms with van der Waals surface area (Å²) in [5.74, 6) is -0.859. The van der Waals surface area contributed by atoms with E-state index in [0.29, 0.717) is 10.7 Å². The Morgan fingerprint density at radius 1 is 1.25 bits per heavy atom. The van der Waals surface area contributed by atoms with Crippen LogP contribution in [0.3, 0.4) is 0 Å². The van der Waals surface area contributed by atoms with Gasteiger partial charge in [-0.05, 0) is 25.1 Å². The molecule has 0 bridgehead atoms. The first-order valence-electron chi connectivity index (χ1n) is 7.03. The fourth-order valence-electron chi connectivity index (χ4n) is 2.13. The molecule has 124 valence electrons. The monoisotopic (exact) mass is 362 g/mol. The highest BCUT2D eigenvalue weighted by Crippen LogP contribution is 2.22. The van der Waals surface area contributed by atoms with Crippen molar-refractivity contribution in [2.75, 3.05) is 5.32 Å². The Morgan fingerprint density at radius 2 is 2.00 bits per heavy atom. The maximum atomic E-state index is 12.5. The molecule has 0 aliphatic rings. The van der Waals surface area contributed by atoms with Gasteiger partial charge in [0, 0.05) is 10.9 Å². The number of furan rings is 1. The maximum absolute atomic E-state index is 12.5. The van der Waals surface area contributed by atoms with Gasteiger partial charge < -0.3 is 4.42 Å². The van der Waals surface area contributed by atoms with Gasteiger partial charge in [-0.1, -0.05) is 18.2 Å². The molecule has 0 radical (unpaired) electrons. The van der Waals surface area contributed by atoms with E-state index in [1.807, 2.05) is 6.92 Å². The number of hydrogen-bond acceptors (Lipinski definition) is 6. The molecule has 6 nitrogen and oxygen atoms in total. The highest BCUT2D eigenvalue weighted by Gasteiger charge is 2.23. The molecule has 8 heteroatoms. The zero-order chi connectivity index (χ0) is 17.2. The van der Waals surface area contributed by atoms with Gasteiger partial charge in [0.2, 0.25) is 0 Å². The van der Waals surface area contributed by atoms with Crippen molar-refractivity contribution in [1.29, 1.82) is 0 Å². The van der Waals surface area contributed by atoms with Crippen LogP contribution in [0.15, 0.2) is 57.4 Å². The van der Waals surface area contributed by atoms with Crippen LogP contribution in [0.2, 0.25) is 0 Å². The lowest BCUT2D eigenvalue weighted by Gasteiger charge is -2.05. The summed E-state index contributed by atoms with van der Waals surface area (Å²) in [4.78, 5) is 16.6. The van der Waals surface area contributed by atoms with Crippen molar-refractivity contribution in [2.45, 2.75) is 17.6 Å². The van der Waals surface area contributed by atoms with Crippen LogP contribution in [0, 0.1) is 6.92 Å². The minimum atomic E-state index is -3.56. The Hall–Kier alpha value is -2.45. The minimum Gasteiger partial charge on any atom is -0.459 e. The number of amides is 1. The third kappa shape index (κ3) is 3.55. The highest BCUT2D eigenvalue weighted by atomic mass is 32.2. The van der Waals surface area contributed by atoms with Gasteiger partial charge in [0.1, 0.15) is 0 Å². The molecule has 1 amide bonds. The third-order valence-corrected chi connectivity index (χ3v) is 5.80. The summed E-state index contributed by atoms with van der Waals surface area (Å²) in [6, 6.07) is 9.58. The van der Waals surface area contributed by atoms with Crippen molar-refractivity contribution in [1.82, 2.24) is 4.98 Å². The molecule has 1 aromatic carbocycles. The molecule has 0 fully saturated rings. The Morgan fingerprint density at radius 3 is 2.67 bits per heavy atom. The Labute approximate surface area is 143 Å². The van der Waals surface area contributed by atoms with Crippen molar-refractivity contribution < 1.29 is 17.6 Å². The largest absolute Gasteiger partial charge is 0.459 e.